The van der Waals surface area contributed by atoms with Crippen molar-refractivity contribution < 1.29 is 9.53 Å². The van der Waals surface area contributed by atoms with Crippen molar-refractivity contribution in [3.8, 4) is 5.75 Å². The summed E-state index contributed by atoms with van der Waals surface area (Å²) in [4.78, 5) is 19.1. The lowest BCUT2D eigenvalue weighted by molar-refractivity contribution is -0.113. The van der Waals surface area contributed by atoms with Gasteiger partial charge in [-0.2, -0.15) is 0 Å². The third kappa shape index (κ3) is 3.79. The molecule has 134 valence electrons. The van der Waals surface area contributed by atoms with Gasteiger partial charge in [-0.3, -0.25) is 9.69 Å². The number of benzene rings is 2. The normalized spacial score (nSPS) is 15.5. The molecule has 0 saturated heterocycles. The fraction of sp³-hybridized carbons (Fsp3) is 0.200. The number of aryl methyl sites for hydroxylation is 1. The van der Waals surface area contributed by atoms with Crippen LogP contribution in [0.15, 0.2) is 53.2 Å². The lowest BCUT2D eigenvalue weighted by Gasteiger charge is -2.19. The highest BCUT2D eigenvalue weighted by Crippen LogP contribution is 2.34. The summed E-state index contributed by atoms with van der Waals surface area (Å²) in [7, 11) is 1.62. The Morgan fingerprint density at radius 1 is 1.23 bits per heavy atom. The first-order valence-electron chi connectivity index (χ1n) is 8.21. The Labute approximate surface area is 162 Å². The Bertz CT molecular complexity index is 891. The molecule has 4 nitrogen and oxygen atoms in total. The molecule has 1 heterocycles. The van der Waals surface area contributed by atoms with Crippen molar-refractivity contribution in [3.63, 3.8) is 0 Å². The molecule has 0 spiro atoms. The minimum atomic E-state index is -0.178. The van der Waals surface area contributed by atoms with E-state index in [1.54, 1.807) is 18.1 Å². The Balaban J connectivity index is 1.98. The van der Waals surface area contributed by atoms with Crippen LogP contribution in [0.5, 0.6) is 5.75 Å². The predicted molar refractivity (Wildman–Crippen MR) is 110 cm³/mol. The zero-order valence-electron chi connectivity index (χ0n) is 14.8. The number of anilines is 1. The van der Waals surface area contributed by atoms with Crippen molar-refractivity contribution in [2.45, 2.75) is 13.8 Å². The maximum Gasteiger partial charge on any atom is 0.283 e. The van der Waals surface area contributed by atoms with Gasteiger partial charge in [-0.05, 0) is 54.1 Å². The minimum absolute atomic E-state index is 0.178. The number of ether oxygens (including phenoxy) is 1. The second kappa shape index (κ2) is 7.98. The van der Waals surface area contributed by atoms with Gasteiger partial charge in [0.2, 0.25) is 0 Å². The van der Waals surface area contributed by atoms with Gasteiger partial charge in [-0.25, -0.2) is 4.99 Å². The van der Waals surface area contributed by atoms with E-state index in [2.05, 4.69) is 4.99 Å². The third-order valence-corrected chi connectivity index (χ3v) is 4.99. The first-order chi connectivity index (χ1) is 12.5. The molecule has 1 aliphatic rings. The molecule has 0 atom stereocenters. The van der Waals surface area contributed by atoms with Gasteiger partial charge < -0.3 is 4.74 Å². The Kier molecular flexibility index (Phi) is 5.69. The molecule has 0 N–H and O–H groups in total. The molecule has 6 heteroatoms. The topological polar surface area (TPSA) is 41.9 Å². The number of halogens is 1. The molecule has 26 heavy (non-hydrogen) atoms. The van der Waals surface area contributed by atoms with Gasteiger partial charge in [0.25, 0.3) is 5.91 Å². The number of rotatable bonds is 4. The fourth-order valence-corrected chi connectivity index (χ4v) is 3.64. The van der Waals surface area contributed by atoms with Crippen molar-refractivity contribution in [3.05, 3.63) is 64.3 Å². The Morgan fingerprint density at radius 3 is 2.58 bits per heavy atom. The number of carbonyl (C=O) groups is 1. The summed E-state index contributed by atoms with van der Waals surface area (Å²) < 4.78 is 5.17. The summed E-state index contributed by atoms with van der Waals surface area (Å²) in [5, 5.41) is 1.18. The lowest BCUT2D eigenvalue weighted by atomic mass is 10.1. The molecule has 0 aliphatic carbocycles. The van der Waals surface area contributed by atoms with E-state index in [-0.39, 0.29) is 5.91 Å². The van der Waals surface area contributed by atoms with Crippen LogP contribution >= 0.6 is 23.4 Å². The Morgan fingerprint density at radius 2 is 1.96 bits per heavy atom. The smallest absolute Gasteiger partial charge is 0.283 e. The molecular weight excluding hydrogens is 368 g/mol. The molecule has 0 fully saturated rings. The first-order valence-corrected chi connectivity index (χ1v) is 9.57. The summed E-state index contributed by atoms with van der Waals surface area (Å²) in [6.07, 6.45) is 1.78. The van der Waals surface area contributed by atoms with Crippen molar-refractivity contribution in [2.24, 2.45) is 4.99 Å². The van der Waals surface area contributed by atoms with E-state index in [1.807, 2.05) is 56.3 Å². The zero-order valence-corrected chi connectivity index (χ0v) is 16.4. The van der Waals surface area contributed by atoms with E-state index in [0.717, 1.165) is 22.6 Å². The van der Waals surface area contributed by atoms with Crippen LogP contribution in [0.25, 0.3) is 6.08 Å². The van der Waals surface area contributed by atoms with Crippen LogP contribution in [0.2, 0.25) is 5.02 Å². The standard InChI is InChI=1S/C20H19ClN2O2S/c1-4-26-20-22-17(12-14-6-8-15(25-3)9-7-14)19(24)23(20)18-10-5-13(2)11-16(18)21/h5-12H,4H2,1-3H3. The summed E-state index contributed by atoms with van der Waals surface area (Å²) in [6, 6.07) is 13.1. The third-order valence-electron chi connectivity index (χ3n) is 3.87. The van der Waals surface area contributed by atoms with Crippen molar-refractivity contribution in [1.29, 1.82) is 0 Å². The molecule has 0 bridgehead atoms. The predicted octanol–water partition coefficient (Wildman–Crippen LogP) is 5.15. The molecule has 1 aliphatic heterocycles. The largest absolute Gasteiger partial charge is 0.497 e. The minimum Gasteiger partial charge on any atom is -0.497 e. The number of amides is 1. The Hall–Kier alpha value is -2.24. The number of hydrogen-bond donors (Lipinski definition) is 0. The summed E-state index contributed by atoms with van der Waals surface area (Å²) in [5.74, 6) is 1.40. The van der Waals surface area contributed by atoms with Gasteiger partial charge in [0, 0.05) is 0 Å². The quantitative estimate of drug-likeness (QED) is 0.682. The maximum atomic E-state index is 13.0. The molecule has 0 saturated carbocycles. The number of amidine groups is 1. The van der Waals surface area contributed by atoms with Crippen LogP contribution in [0.4, 0.5) is 5.69 Å². The molecular formula is C20H19ClN2O2S. The van der Waals surface area contributed by atoms with E-state index < -0.39 is 0 Å². The lowest BCUT2D eigenvalue weighted by Crippen LogP contribution is -2.30. The van der Waals surface area contributed by atoms with E-state index in [0.29, 0.717) is 21.6 Å². The van der Waals surface area contributed by atoms with Crippen molar-refractivity contribution in [1.82, 2.24) is 0 Å². The summed E-state index contributed by atoms with van der Waals surface area (Å²) in [6.45, 7) is 3.99. The summed E-state index contributed by atoms with van der Waals surface area (Å²) >= 11 is 7.90. The molecule has 2 aromatic carbocycles. The highest BCUT2D eigenvalue weighted by molar-refractivity contribution is 8.14. The van der Waals surface area contributed by atoms with E-state index in [1.165, 1.54) is 11.8 Å². The number of nitrogens with zero attached hydrogens (tertiary/aromatic N) is 2. The average molecular weight is 387 g/mol. The van der Waals surface area contributed by atoms with Crippen LogP contribution in [0.3, 0.4) is 0 Å². The van der Waals surface area contributed by atoms with Crippen LogP contribution < -0.4 is 9.64 Å². The number of aliphatic imine (C=N–C) groups is 1. The van der Waals surface area contributed by atoms with Crippen LogP contribution in [0.1, 0.15) is 18.1 Å². The number of hydrogen-bond acceptors (Lipinski definition) is 4. The SMILES string of the molecule is CCSC1=NC(=Cc2ccc(OC)cc2)C(=O)N1c1ccc(C)cc1Cl. The summed E-state index contributed by atoms with van der Waals surface area (Å²) in [5.41, 5.74) is 2.97. The maximum absolute atomic E-state index is 13.0. The second-order valence-electron chi connectivity index (χ2n) is 5.73. The van der Waals surface area contributed by atoms with Crippen LogP contribution in [0, 0.1) is 6.92 Å². The van der Waals surface area contributed by atoms with Crippen molar-refractivity contribution >= 4 is 46.2 Å². The van der Waals surface area contributed by atoms with Gasteiger partial charge in [-0.1, -0.05) is 48.5 Å². The number of thioether (sulfide) groups is 1. The van der Waals surface area contributed by atoms with E-state index in [4.69, 9.17) is 16.3 Å². The van der Waals surface area contributed by atoms with Gasteiger partial charge in [0.1, 0.15) is 11.4 Å². The van der Waals surface area contributed by atoms with E-state index >= 15 is 0 Å². The monoisotopic (exact) mass is 386 g/mol. The van der Waals surface area contributed by atoms with Crippen molar-refractivity contribution in [2.75, 3.05) is 17.8 Å². The van der Waals surface area contributed by atoms with Gasteiger partial charge in [-0.15, -0.1) is 0 Å². The van der Waals surface area contributed by atoms with Gasteiger partial charge in [0.15, 0.2) is 5.17 Å². The molecule has 2 aromatic rings. The fourth-order valence-electron chi connectivity index (χ4n) is 2.59. The van der Waals surface area contributed by atoms with E-state index in [9.17, 15) is 4.79 Å². The van der Waals surface area contributed by atoms with Crippen LogP contribution in [-0.4, -0.2) is 23.9 Å². The molecule has 0 radical (unpaired) electrons. The van der Waals surface area contributed by atoms with Crippen LogP contribution in [-0.2, 0) is 4.79 Å². The number of methoxy groups -OCH3 is 1. The number of carbonyl (C=O) groups excluding carboxylic acids is 1. The average Bonchev–Trinajstić information content (AvgIpc) is 2.92. The molecule has 0 aromatic heterocycles. The molecule has 3 rings (SSSR count). The molecule has 1 amide bonds. The highest BCUT2D eigenvalue weighted by atomic mass is 35.5. The molecule has 0 unspecified atom stereocenters. The second-order valence-corrected chi connectivity index (χ2v) is 7.36. The zero-order chi connectivity index (χ0) is 18.7. The highest BCUT2D eigenvalue weighted by Gasteiger charge is 2.32. The van der Waals surface area contributed by atoms with Gasteiger partial charge in [0.05, 0.1) is 17.8 Å². The first kappa shape index (κ1) is 18.5. The van der Waals surface area contributed by atoms with Gasteiger partial charge >= 0.3 is 0 Å².